The smallest absolute Gasteiger partial charge is 0.264 e. The molecule has 0 aliphatic carbocycles. The number of likely N-dealkylation sites (tertiary alicyclic amines) is 1. The second kappa shape index (κ2) is 10.4. The highest BCUT2D eigenvalue weighted by atomic mass is 32.1. The number of aromatic nitrogens is 1. The number of carbonyl (C=O) groups excluding carboxylic acids is 1. The highest BCUT2D eigenvalue weighted by Gasteiger charge is 2.27. The molecule has 0 saturated carbocycles. The number of nitrogens with zero attached hydrogens (tertiary/aromatic N) is 3. The Morgan fingerprint density at radius 1 is 1.19 bits per heavy atom. The van der Waals surface area contributed by atoms with Gasteiger partial charge in [0.25, 0.3) is 5.91 Å². The fraction of sp³-hybridized carbons (Fsp3) is 0.440. The summed E-state index contributed by atoms with van der Waals surface area (Å²) in [6.45, 7) is 2.33. The van der Waals surface area contributed by atoms with Crippen molar-refractivity contribution >= 4 is 27.3 Å². The molecule has 5 nitrogen and oxygen atoms in total. The maximum absolute atomic E-state index is 13.2. The van der Waals surface area contributed by atoms with E-state index in [4.69, 9.17) is 0 Å². The SMILES string of the molecule is CN(CCO)C(=O)c1sc2ccccc2c1C[C@@H]1CCCCCN1Cc1ccncc1. The first-order chi connectivity index (χ1) is 15.2. The number of benzene rings is 1. The molecule has 0 unspecified atom stereocenters. The van der Waals surface area contributed by atoms with Gasteiger partial charge >= 0.3 is 0 Å². The Morgan fingerprint density at radius 3 is 2.81 bits per heavy atom. The number of hydrogen-bond donors (Lipinski definition) is 1. The molecule has 0 spiro atoms. The number of likely N-dealkylation sites (N-methyl/N-ethyl adjacent to an activating group) is 1. The van der Waals surface area contributed by atoms with E-state index in [9.17, 15) is 9.90 Å². The lowest BCUT2D eigenvalue weighted by molar-refractivity contribution is 0.0770. The molecule has 2 aromatic heterocycles. The van der Waals surface area contributed by atoms with Gasteiger partial charge in [-0.05, 0) is 60.5 Å². The standard InChI is InChI=1S/C25H31N3O2S/c1-27(15-16-29)25(30)24-22(21-8-4-5-9-23(21)31-24)17-20-7-3-2-6-14-28(20)18-19-10-12-26-13-11-19/h4-5,8-13,20,29H,2-3,6-7,14-18H2,1H3/t20-/m0/s1. The molecule has 1 N–H and O–H groups in total. The summed E-state index contributed by atoms with van der Waals surface area (Å²) in [6, 6.07) is 13.0. The van der Waals surface area contributed by atoms with Crippen LogP contribution in [0.1, 0.15) is 46.5 Å². The summed E-state index contributed by atoms with van der Waals surface area (Å²) in [5.74, 6) is 0.0135. The predicted molar refractivity (Wildman–Crippen MR) is 126 cm³/mol. The van der Waals surface area contributed by atoms with Crippen LogP contribution >= 0.6 is 11.3 Å². The van der Waals surface area contributed by atoms with Gasteiger partial charge in [-0.15, -0.1) is 11.3 Å². The number of carbonyl (C=O) groups is 1. The van der Waals surface area contributed by atoms with Crippen LogP contribution in [-0.2, 0) is 13.0 Å². The summed E-state index contributed by atoms with van der Waals surface area (Å²) in [5.41, 5.74) is 2.46. The Balaban J connectivity index is 1.66. The molecule has 4 rings (SSSR count). The van der Waals surface area contributed by atoms with Gasteiger partial charge in [-0.3, -0.25) is 14.7 Å². The lowest BCUT2D eigenvalue weighted by atomic mass is 9.97. The van der Waals surface area contributed by atoms with Crippen molar-refractivity contribution in [3.8, 4) is 0 Å². The average molecular weight is 438 g/mol. The molecular weight excluding hydrogens is 406 g/mol. The minimum Gasteiger partial charge on any atom is -0.395 e. The molecule has 0 bridgehead atoms. The number of rotatable bonds is 7. The van der Waals surface area contributed by atoms with Gasteiger partial charge in [0.2, 0.25) is 0 Å². The van der Waals surface area contributed by atoms with Crippen LogP contribution < -0.4 is 0 Å². The van der Waals surface area contributed by atoms with Crippen LogP contribution in [0.4, 0.5) is 0 Å². The van der Waals surface area contributed by atoms with E-state index in [1.165, 1.54) is 35.8 Å². The fourth-order valence-electron chi connectivity index (χ4n) is 4.53. The van der Waals surface area contributed by atoms with E-state index in [2.05, 4.69) is 40.2 Å². The van der Waals surface area contributed by atoms with Gasteiger partial charge in [0.1, 0.15) is 0 Å². The number of hydrogen-bond acceptors (Lipinski definition) is 5. The zero-order chi connectivity index (χ0) is 21.6. The van der Waals surface area contributed by atoms with Crippen molar-refractivity contribution in [2.45, 2.75) is 44.7 Å². The Bertz CT molecular complexity index is 1000. The Labute approximate surface area is 188 Å². The van der Waals surface area contributed by atoms with Crippen LogP contribution in [0, 0.1) is 0 Å². The number of thiophene rings is 1. The first-order valence-electron chi connectivity index (χ1n) is 11.2. The number of aliphatic hydroxyl groups excluding tert-OH is 1. The van der Waals surface area contributed by atoms with Crippen molar-refractivity contribution in [1.29, 1.82) is 0 Å². The quantitative estimate of drug-likeness (QED) is 0.597. The molecule has 3 heterocycles. The highest BCUT2D eigenvalue weighted by Crippen LogP contribution is 2.35. The molecule has 0 radical (unpaired) electrons. The van der Waals surface area contributed by atoms with Gasteiger partial charge in [0.05, 0.1) is 11.5 Å². The molecule has 1 aliphatic heterocycles. The van der Waals surface area contributed by atoms with Crippen molar-refractivity contribution in [2.75, 3.05) is 26.7 Å². The topological polar surface area (TPSA) is 56.7 Å². The number of pyridine rings is 1. The van der Waals surface area contributed by atoms with E-state index < -0.39 is 0 Å². The Morgan fingerprint density at radius 2 is 2.00 bits per heavy atom. The van der Waals surface area contributed by atoms with Gasteiger partial charge in [-0.1, -0.05) is 31.0 Å². The fourth-order valence-corrected chi connectivity index (χ4v) is 5.76. The normalized spacial score (nSPS) is 17.5. The minimum atomic E-state index is -0.0230. The van der Waals surface area contributed by atoms with Crippen LogP contribution in [0.2, 0.25) is 0 Å². The predicted octanol–water partition coefficient (Wildman–Crippen LogP) is 4.35. The van der Waals surface area contributed by atoms with Gasteiger partial charge in [0.15, 0.2) is 0 Å². The van der Waals surface area contributed by atoms with E-state index in [0.29, 0.717) is 12.6 Å². The van der Waals surface area contributed by atoms with Crippen molar-refractivity contribution in [2.24, 2.45) is 0 Å². The van der Waals surface area contributed by atoms with Crippen molar-refractivity contribution in [3.05, 3.63) is 64.8 Å². The molecular formula is C25H31N3O2S. The van der Waals surface area contributed by atoms with Crippen LogP contribution in [-0.4, -0.2) is 58.6 Å². The summed E-state index contributed by atoms with van der Waals surface area (Å²) in [6.07, 6.45) is 9.46. The van der Waals surface area contributed by atoms with Gasteiger partial charge in [-0.25, -0.2) is 0 Å². The summed E-state index contributed by atoms with van der Waals surface area (Å²) >= 11 is 1.59. The molecule has 6 heteroatoms. The molecule has 164 valence electrons. The van der Waals surface area contributed by atoms with Crippen molar-refractivity contribution in [1.82, 2.24) is 14.8 Å². The zero-order valence-electron chi connectivity index (χ0n) is 18.2. The monoisotopic (exact) mass is 437 g/mol. The van der Waals surface area contributed by atoms with E-state index in [1.807, 2.05) is 18.5 Å². The molecule has 31 heavy (non-hydrogen) atoms. The molecule has 1 atom stereocenters. The molecule has 1 aliphatic rings. The van der Waals surface area contributed by atoms with E-state index in [-0.39, 0.29) is 12.5 Å². The Hall–Kier alpha value is -2.28. The Kier molecular flexibility index (Phi) is 7.33. The van der Waals surface area contributed by atoms with Crippen LogP contribution in [0.5, 0.6) is 0 Å². The van der Waals surface area contributed by atoms with E-state index in [0.717, 1.165) is 35.5 Å². The summed E-state index contributed by atoms with van der Waals surface area (Å²) < 4.78 is 1.16. The first-order valence-corrected chi connectivity index (χ1v) is 12.0. The van der Waals surface area contributed by atoms with Crippen LogP contribution in [0.3, 0.4) is 0 Å². The largest absolute Gasteiger partial charge is 0.395 e. The van der Waals surface area contributed by atoms with E-state index >= 15 is 0 Å². The van der Waals surface area contributed by atoms with Gasteiger partial charge < -0.3 is 10.0 Å². The summed E-state index contributed by atoms with van der Waals surface area (Å²) in [7, 11) is 1.77. The highest BCUT2D eigenvalue weighted by molar-refractivity contribution is 7.21. The zero-order valence-corrected chi connectivity index (χ0v) is 19.0. The number of aliphatic hydroxyl groups is 1. The lowest BCUT2D eigenvalue weighted by Gasteiger charge is -2.30. The van der Waals surface area contributed by atoms with Crippen molar-refractivity contribution in [3.63, 3.8) is 0 Å². The molecule has 1 amide bonds. The summed E-state index contributed by atoms with van der Waals surface area (Å²) in [4.78, 5) is 22.4. The van der Waals surface area contributed by atoms with Gasteiger partial charge in [-0.2, -0.15) is 0 Å². The van der Waals surface area contributed by atoms with Crippen LogP contribution in [0.25, 0.3) is 10.1 Å². The summed E-state index contributed by atoms with van der Waals surface area (Å²) in [5, 5.41) is 10.5. The number of fused-ring (bicyclic) bond motifs is 1. The minimum absolute atomic E-state index is 0.0135. The van der Waals surface area contributed by atoms with Crippen LogP contribution in [0.15, 0.2) is 48.8 Å². The maximum Gasteiger partial charge on any atom is 0.264 e. The van der Waals surface area contributed by atoms with Gasteiger partial charge in [0, 0.05) is 43.3 Å². The third kappa shape index (κ3) is 5.14. The lowest BCUT2D eigenvalue weighted by Crippen LogP contribution is -2.36. The number of amides is 1. The second-order valence-corrected chi connectivity index (χ2v) is 9.44. The second-order valence-electron chi connectivity index (χ2n) is 8.39. The maximum atomic E-state index is 13.2. The van der Waals surface area contributed by atoms with E-state index in [1.54, 1.807) is 23.3 Å². The molecule has 3 aromatic rings. The molecule has 1 fully saturated rings. The molecule has 1 saturated heterocycles. The molecule has 1 aromatic carbocycles. The first kappa shape index (κ1) is 21.9. The average Bonchev–Trinajstić information content (AvgIpc) is 3.01. The van der Waals surface area contributed by atoms with Crippen molar-refractivity contribution < 1.29 is 9.90 Å². The third-order valence-corrected chi connectivity index (χ3v) is 7.45. The third-order valence-electron chi connectivity index (χ3n) is 6.25.